The molecule has 0 aliphatic rings. The first-order valence-corrected chi connectivity index (χ1v) is 17.2. The molecule has 47 heavy (non-hydrogen) atoms. The average molecular weight is 645 g/mol. The minimum Gasteiger partial charge on any atom is -0.494 e. The fraction of sp³-hybridized carbons (Fsp3) is 0.450. The second-order valence-corrected chi connectivity index (χ2v) is 11.8. The zero-order chi connectivity index (χ0) is 33.5. The van der Waals surface area contributed by atoms with Crippen LogP contribution < -0.4 is 18.9 Å². The lowest BCUT2D eigenvalue weighted by Crippen LogP contribution is -2.17. The molecule has 0 saturated heterocycles. The highest BCUT2D eigenvalue weighted by molar-refractivity contribution is 5.92. The minimum atomic E-state index is -0.886. The maximum absolute atomic E-state index is 12.6. The Morgan fingerprint density at radius 1 is 0.638 bits per heavy atom. The molecule has 254 valence electrons. The number of benzene rings is 3. The van der Waals surface area contributed by atoms with Gasteiger partial charge in [0.05, 0.1) is 18.8 Å². The van der Waals surface area contributed by atoms with Crippen molar-refractivity contribution < 1.29 is 33.6 Å². The highest BCUT2D eigenvalue weighted by atomic mass is 16.5. The Morgan fingerprint density at radius 2 is 1.11 bits per heavy atom. The molecular formula is C40H52O7. The Bertz CT molecular complexity index is 1300. The van der Waals surface area contributed by atoms with Gasteiger partial charge < -0.3 is 24.1 Å². The van der Waals surface area contributed by atoms with E-state index in [1.807, 2.05) is 24.3 Å². The highest BCUT2D eigenvalue weighted by Gasteiger charge is 2.11. The Balaban J connectivity index is 1.24. The number of aliphatic hydroxyl groups is 1. The van der Waals surface area contributed by atoms with Crippen molar-refractivity contribution in [2.75, 3.05) is 13.2 Å². The van der Waals surface area contributed by atoms with Gasteiger partial charge in [0.25, 0.3) is 0 Å². The van der Waals surface area contributed by atoms with Crippen molar-refractivity contribution in [3.63, 3.8) is 0 Å². The molecule has 3 rings (SSSR count). The van der Waals surface area contributed by atoms with Gasteiger partial charge in [0, 0.05) is 0 Å². The maximum Gasteiger partial charge on any atom is 0.343 e. The SMILES string of the molecule is C=CC(=O)C(O)CCCCCCCCCCOc1ccc(COc2ccc(OC(=O)c3ccc(OCCCCCC)cc3)cc2)cc1. The summed E-state index contributed by atoms with van der Waals surface area (Å²) in [6.07, 6.45) is 14.2. The Hall–Kier alpha value is -4.10. The van der Waals surface area contributed by atoms with Gasteiger partial charge in [-0.25, -0.2) is 4.79 Å². The molecule has 0 aromatic heterocycles. The number of hydrogen-bond acceptors (Lipinski definition) is 7. The summed E-state index contributed by atoms with van der Waals surface area (Å²) >= 11 is 0. The fourth-order valence-corrected chi connectivity index (χ4v) is 4.99. The minimum absolute atomic E-state index is 0.282. The summed E-state index contributed by atoms with van der Waals surface area (Å²) in [6.45, 7) is 7.38. The summed E-state index contributed by atoms with van der Waals surface area (Å²) in [4.78, 5) is 23.8. The molecule has 1 N–H and O–H groups in total. The van der Waals surface area contributed by atoms with Gasteiger partial charge in [-0.2, -0.15) is 0 Å². The number of carbonyl (C=O) groups is 2. The molecule has 0 aliphatic carbocycles. The second kappa shape index (κ2) is 22.4. The number of hydrogen-bond donors (Lipinski definition) is 1. The van der Waals surface area contributed by atoms with Gasteiger partial charge in [-0.05, 0) is 91.6 Å². The van der Waals surface area contributed by atoms with Crippen LogP contribution in [0.5, 0.6) is 23.0 Å². The van der Waals surface area contributed by atoms with Crippen LogP contribution in [-0.2, 0) is 11.4 Å². The summed E-state index contributed by atoms with van der Waals surface area (Å²) in [5.74, 6) is 2.03. The fourth-order valence-electron chi connectivity index (χ4n) is 4.99. The summed E-state index contributed by atoms with van der Waals surface area (Å²) in [7, 11) is 0. The first-order valence-electron chi connectivity index (χ1n) is 17.2. The summed E-state index contributed by atoms with van der Waals surface area (Å²) < 4.78 is 23.1. The molecule has 1 atom stereocenters. The molecule has 0 fully saturated rings. The summed E-state index contributed by atoms with van der Waals surface area (Å²) in [5.41, 5.74) is 1.50. The number of unbranched alkanes of at least 4 members (excludes halogenated alkanes) is 10. The molecule has 7 heteroatoms. The van der Waals surface area contributed by atoms with E-state index in [4.69, 9.17) is 18.9 Å². The molecule has 0 bridgehead atoms. The van der Waals surface area contributed by atoms with Crippen LogP contribution in [0.25, 0.3) is 0 Å². The lowest BCUT2D eigenvalue weighted by Gasteiger charge is -2.10. The van der Waals surface area contributed by atoms with Crippen molar-refractivity contribution >= 4 is 11.8 Å². The van der Waals surface area contributed by atoms with E-state index in [2.05, 4.69) is 13.5 Å². The van der Waals surface area contributed by atoms with Gasteiger partial charge in [0.2, 0.25) is 0 Å². The predicted molar refractivity (Wildman–Crippen MR) is 187 cm³/mol. The molecule has 0 amide bonds. The van der Waals surface area contributed by atoms with Crippen LogP contribution in [0.2, 0.25) is 0 Å². The molecule has 0 spiro atoms. The molecule has 0 aliphatic heterocycles. The van der Waals surface area contributed by atoms with Crippen LogP contribution in [0.1, 0.15) is 106 Å². The van der Waals surface area contributed by atoms with E-state index in [0.717, 1.165) is 62.0 Å². The van der Waals surface area contributed by atoms with E-state index in [1.165, 1.54) is 38.2 Å². The molecule has 3 aromatic rings. The molecule has 0 heterocycles. The van der Waals surface area contributed by atoms with Crippen LogP contribution in [0.4, 0.5) is 0 Å². The molecule has 0 radical (unpaired) electrons. The largest absolute Gasteiger partial charge is 0.494 e. The second-order valence-electron chi connectivity index (χ2n) is 11.8. The number of aliphatic hydroxyl groups excluding tert-OH is 1. The van der Waals surface area contributed by atoms with E-state index in [-0.39, 0.29) is 5.78 Å². The van der Waals surface area contributed by atoms with E-state index in [0.29, 0.717) is 43.3 Å². The Labute approximate surface area is 280 Å². The highest BCUT2D eigenvalue weighted by Crippen LogP contribution is 2.22. The third-order valence-electron chi connectivity index (χ3n) is 7.89. The molecule has 1 unspecified atom stereocenters. The van der Waals surface area contributed by atoms with Crippen molar-refractivity contribution in [2.24, 2.45) is 0 Å². The molecule has 3 aromatic carbocycles. The average Bonchev–Trinajstić information content (AvgIpc) is 3.10. The van der Waals surface area contributed by atoms with Gasteiger partial charge in [-0.1, -0.05) is 89.8 Å². The van der Waals surface area contributed by atoms with Crippen LogP contribution in [0.3, 0.4) is 0 Å². The first kappa shape index (κ1) is 37.4. The van der Waals surface area contributed by atoms with Crippen LogP contribution in [0, 0.1) is 0 Å². The quantitative estimate of drug-likeness (QED) is 0.0425. The molecule has 7 nitrogen and oxygen atoms in total. The standard InChI is InChI=1S/C40H52O7/c1-3-5-6-14-29-45-35-23-19-33(20-24-35)40(43)47-37-27-25-36(26-28-37)46-31-32-17-21-34(22-18-32)44-30-15-12-10-8-7-9-11-13-16-39(42)38(41)4-2/h4,17-28,39,42H,2-3,5-16,29-31H2,1H3. The number of ether oxygens (including phenoxy) is 4. The van der Waals surface area contributed by atoms with Crippen LogP contribution in [0.15, 0.2) is 85.5 Å². The lowest BCUT2D eigenvalue weighted by atomic mass is 10.0. The number of esters is 1. The number of carbonyl (C=O) groups excluding carboxylic acids is 2. The van der Waals surface area contributed by atoms with E-state index >= 15 is 0 Å². The van der Waals surface area contributed by atoms with Gasteiger partial charge in [0.1, 0.15) is 35.7 Å². The lowest BCUT2D eigenvalue weighted by molar-refractivity contribution is -0.122. The monoisotopic (exact) mass is 644 g/mol. The van der Waals surface area contributed by atoms with Gasteiger partial charge >= 0.3 is 5.97 Å². The van der Waals surface area contributed by atoms with Gasteiger partial charge in [0.15, 0.2) is 5.78 Å². The normalized spacial score (nSPS) is 11.4. The van der Waals surface area contributed by atoms with Gasteiger partial charge in [-0.3, -0.25) is 4.79 Å². The molecule has 0 saturated carbocycles. The van der Waals surface area contributed by atoms with E-state index < -0.39 is 12.1 Å². The number of rotatable bonds is 25. The van der Waals surface area contributed by atoms with Crippen molar-refractivity contribution in [1.29, 1.82) is 0 Å². The maximum atomic E-state index is 12.6. The first-order chi connectivity index (χ1) is 23.0. The Morgan fingerprint density at radius 3 is 1.68 bits per heavy atom. The smallest absolute Gasteiger partial charge is 0.343 e. The van der Waals surface area contributed by atoms with Crippen LogP contribution in [-0.4, -0.2) is 36.2 Å². The van der Waals surface area contributed by atoms with Crippen molar-refractivity contribution in [3.8, 4) is 23.0 Å². The van der Waals surface area contributed by atoms with E-state index in [1.54, 1.807) is 48.5 Å². The topological polar surface area (TPSA) is 91.3 Å². The van der Waals surface area contributed by atoms with Crippen LogP contribution >= 0.6 is 0 Å². The number of ketones is 1. The summed E-state index contributed by atoms with van der Waals surface area (Å²) in [6, 6.07) is 22.0. The van der Waals surface area contributed by atoms with E-state index in [9.17, 15) is 14.7 Å². The molecular weight excluding hydrogens is 592 g/mol. The third-order valence-corrected chi connectivity index (χ3v) is 7.89. The van der Waals surface area contributed by atoms with Gasteiger partial charge in [-0.15, -0.1) is 0 Å². The Kier molecular flexibility index (Phi) is 17.8. The third kappa shape index (κ3) is 15.4. The summed E-state index contributed by atoms with van der Waals surface area (Å²) in [5, 5.41) is 9.64. The predicted octanol–water partition coefficient (Wildman–Crippen LogP) is 9.45. The van der Waals surface area contributed by atoms with Crippen molar-refractivity contribution in [3.05, 3.63) is 96.6 Å². The van der Waals surface area contributed by atoms with Crippen molar-refractivity contribution in [1.82, 2.24) is 0 Å². The van der Waals surface area contributed by atoms with Crippen molar-refractivity contribution in [2.45, 2.75) is 103 Å². The zero-order valence-corrected chi connectivity index (χ0v) is 28.0. The zero-order valence-electron chi connectivity index (χ0n) is 28.0.